The minimum absolute atomic E-state index is 0.00571. The fraction of sp³-hybridized carbons (Fsp3) is 0.357. The Bertz CT molecular complexity index is 505. The van der Waals surface area contributed by atoms with E-state index in [1.165, 1.54) is 0 Å². The highest BCUT2D eigenvalue weighted by Gasteiger charge is 2.23. The summed E-state index contributed by atoms with van der Waals surface area (Å²) in [6.07, 6.45) is 6.99. The SMILES string of the molecule is c1ccc(CN2CCOC(c3cnccn3)C2)nc1. The van der Waals surface area contributed by atoms with Crippen molar-refractivity contribution in [1.29, 1.82) is 0 Å². The first kappa shape index (κ1) is 12.2. The van der Waals surface area contributed by atoms with Gasteiger partial charge in [0.15, 0.2) is 0 Å². The summed E-state index contributed by atoms with van der Waals surface area (Å²) < 4.78 is 5.77. The van der Waals surface area contributed by atoms with E-state index in [4.69, 9.17) is 4.74 Å². The second-order valence-corrected chi connectivity index (χ2v) is 4.55. The second kappa shape index (κ2) is 5.86. The lowest BCUT2D eigenvalue weighted by atomic mass is 10.2. The molecule has 2 aromatic rings. The van der Waals surface area contributed by atoms with Crippen molar-refractivity contribution in [3.63, 3.8) is 0 Å². The van der Waals surface area contributed by atoms with E-state index in [0.29, 0.717) is 6.61 Å². The van der Waals surface area contributed by atoms with E-state index >= 15 is 0 Å². The maximum Gasteiger partial charge on any atom is 0.114 e. The van der Waals surface area contributed by atoms with Gasteiger partial charge in [0.05, 0.1) is 24.2 Å². The molecule has 0 aromatic carbocycles. The third kappa shape index (κ3) is 3.13. The molecule has 19 heavy (non-hydrogen) atoms. The Morgan fingerprint density at radius 1 is 1.21 bits per heavy atom. The van der Waals surface area contributed by atoms with Crippen LogP contribution in [0.5, 0.6) is 0 Å². The number of ether oxygens (including phenoxy) is 1. The first-order valence-electron chi connectivity index (χ1n) is 6.41. The topological polar surface area (TPSA) is 51.1 Å². The highest BCUT2D eigenvalue weighted by Crippen LogP contribution is 2.20. The van der Waals surface area contributed by atoms with Crippen molar-refractivity contribution in [2.75, 3.05) is 19.7 Å². The molecule has 0 spiro atoms. The molecule has 5 heteroatoms. The van der Waals surface area contributed by atoms with Crippen LogP contribution < -0.4 is 0 Å². The van der Waals surface area contributed by atoms with Crippen molar-refractivity contribution in [3.05, 3.63) is 54.4 Å². The average molecular weight is 256 g/mol. The molecule has 5 nitrogen and oxygen atoms in total. The molecule has 0 bridgehead atoms. The molecular formula is C14H16N4O. The molecule has 3 heterocycles. The molecule has 1 aliphatic rings. The number of morpholine rings is 1. The molecule has 0 amide bonds. The molecule has 98 valence electrons. The number of rotatable bonds is 3. The fourth-order valence-electron chi connectivity index (χ4n) is 2.22. The monoisotopic (exact) mass is 256 g/mol. The van der Waals surface area contributed by atoms with Gasteiger partial charge in [-0.3, -0.25) is 19.9 Å². The minimum atomic E-state index is 0.00571. The Morgan fingerprint density at radius 3 is 3.00 bits per heavy atom. The largest absolute Gasteiger partial charge is 0.369 e. The molecule has 1 fully saturated rings. The van der Waals surface area contributed by atoms with Gasteiger partial charge in [0.25, 0.3) is 0 Å². The quantitative estimate of drug-likeness (QED) is 0.832. The minimum Gasteiger partial charge on any atom is -0.369 e. The highest BCUT2D eigenvalue weighted by molar-refractivity contribution is 5.05. The van der Waals surface area contributed by atoms with Gasteiger partial charge in [-0.2, -0.15) is 0 Å². The van der Waals surface area contributed by atoms with Crippen molar-refractivity contribution in [2.24, 2.45) is 0 Å². The summed E-state index contributed by atoms with van der Waals surface area (Å²) in [4.78, 5) is 15.1. The lowest BCUT2D eigenvalue weighted by molar-refractivity contribution is -0.0355. The molecular weight excluding hydrogens is 240 g/mol. The second-order valence-electron chi connectivity index (χ2n) is 4.55. The summed E-state index contributed by atoms with van der Waals surface area (Å²) in [7, 11) is 0. The summed E-state index contributed by atoms with van der Waals surface area (Å²) in [5.41, 5.74) is 1.98. The molecule has 0 N–H and O–H groups in total. The molecule has 2 aromatic heterocycles. The maximum absolute atomic E-state index is 5.77. The van der Waals surface area contributed by atoms with Gasteiger partial charge in [-0.15, -0.1) is 0 Å². The van der Waals surface area contributed by atoms with Crippen LogP contribution in [0.3, 0.4) is 0 Å². The standard InChI is InChI=1S/C14H16N4O/c1-2-4-16-12(3-1)10-18-7-8-19-14(11-18)13-9-15-5-6-17-13/h1-6,9,14H,7-8,10-11H2. The van der Waals surface area contributed by atoms with Gasteiger partial charge in [-0.25, -0.2) is 0 Å². The average Bonchev–Trinajstić information content (AvgIpc) is 2.49. The number of hydrogen-bond donors (Lipinski definition) is 0. The van der Waals surface area contributed by atoms with Crippen molar-refractivity contribution >= 4 is 0 Å². The number of nitrogens with zero attached hydrogens (tertiary/aromatic N) is 4. The summed E-state index contributed by atoms with van der Waals surface area (Å²) in [5.74, 6) is 0. The molecule has 1 saturated heterocycles. The molecule has 3 rings (SSSR count). The highest BCUT2D eigenvalue weighted by atomic mass is 16.5. The zero-order valence-electron chi connectivity index (χ0n) is 10.6. The molecule has 1 aliphatic heterocycles. The number of hydrogen-bond acceptors (Lipinski definition) is 5. The Morgan fingerprint density at radius 2 is 2.21 bits per heavy atom. The van der Waals surface area contributed by atoms with Crippen molar-refractivity contribution < 1.29 is 4.74 Å². The van der Waals surface area contributed by atoms with Crippen LogP contribution in [-0.2, 0) is 11.3 Å². The van der Waals surface area contributed by atoms with Crippen molar-refractivity contribution in [3.8, 4) is 0 Å². The summed E-state index contributed by atoms with van der Waals surface area (Å²) in [5, 5.41) is 0. The maximum atomic E-state index is 5.77. The third-order valence-electron chi connectivity index (χ3n) is 3.18. The van der Waals surface area contributed by atoms with E-state index in [-0.39, 0.29) is 6.10 Å². The number of pyridine rings is 1. The summed E-state index contributed by atoms with van der Waals surface area (Å²) >= 11 is 0. The third-order valence-corrected chi connectivity index (χ3v) is 3.18. The Balaban J connectivity index is 1.65. The van der Waals surface area contributed by atoms with Gasteiger partial charge < -0.3 is 4.74 Å². The molecule has 1 atom stereocenters. The first-order valence-corrected chi connectivity index (χ1v) is 6.41. The van der Waals surface area contributed by atoms with Crippen LogP contribution in [0.2, 0.25) is 0 Å². The van der Waals surface area contributed by atoms with Crippen LogP contribution >= 0.6 is 0 Å². The van der Waals surface area contributed by atoms with Gasteiger partial charge in [0.2, 0.25) is 0 Å². The normalized spacial score (nSPS) is 20.3. The first-order chi connectivity index (χ1) is 9.42. The van der Waals surface area contributed by atoms with Crippen LogP contribution in [0, 0.1) is 0 Å². The van der Waals surface area contributed by atoms with Crippen molar-refractivity contribution in [2.45, 2.75) is 12.6 Å². The van der Waals surface area contributed by atoms with Gasteiger partial charge in [-0.05, 0) is 12.1 Å². The molecule has 0 saturated carbocycles. The van der Waals surface area contributed by atoms with Gasteiger partial charge in [0, 0.05) is 38.2 Å². The van der Waals surface area contributed by atoms with E-state index in [1.54, 1.807) is 18.6 Å². The van der Waals surface area contributed by atoms with Crippen LogP contribution in [0.25, 0.3) is 0 Å². The van der Waals surface area contributed by atoms with E-state index in [0.717, 1.165) is 31.0 Å². The van der Waals surface area contributed by atoms with Crippen LogP contribution in [0.15, 0.2) is 43.0 Å². The Labute approximate surface area is 112 Å². The van der Waals surface area contributed by atoms with E-state index in [9.17, 15) is 0 Å². The predicted molar refractivity (Wildman–Crippen MR) is 70.2 cm³/mol. The summed E-state index contributed by atoms with van der Waals surface area (Å²) in [6, 6.07) is 6.00. The van der Waals surface area contributed by atoms with E-state index in [1.807, 2.05) is 24.4 Å². The number of aromatic nitrogens is 3. The fourth-order valence-corrected chi connectivity index (χ4v) is 2.22. The van der Waals surface area contributed by atoms with Gasteiger partial charge in [0.1, 0.15) is 6.10 Å². The Hall–Kier alpha value is -1.85. The van der Waals surface area contributed by atoms with Crippen molar-refractivity contribution in [1.82, 2.24) is 19.9 Å². The predicted octanol–water partition coefficient (Wildman–Crippen LogP) is 1.45. The summed E-state index contributed by atoms with van der Waals surface area (Å²) in [6.45, 7) is 3.32. The van der Waals surface area contributed by atoms with Crippen LogP contribution in [0.4, 0.5) is 0 Å². The molecule has 0 radical (unpaired) electrons. The lowest BCUT2D eigenvalue weighted by Gasteiger charge is -2.32. The zero-order valence-corrected chi connectivity index (χ0v) is 10.6. The molecule has 0 aliphatic carbocycles. The van der Waals surface area contributed by atoms with Gasteiger partial charge in [-0.1, -0.05) is 6.07 Å². The smallest absolute Gasteiger partial charge is 0.114 e. The van der Waals surface area contributed by atoms with Crippen LogP contribution in [-0.4, -0.2) is 39.5 Å². The van der Waals surface area contributed by atoms with Crippen LogP contribution in [0.1, 0.15) is 17.5 Å². The Kier molecular flexibility index (Phi) is 3.76. The molecule has 1 unspecified atom stereocenters. The van der Waals surface area contributed by atoms with Gasteiger partial charge >= 0.3 is 0 Å². The lowest BCUT2D eigenvalue weighted by Crippen LogP contribution is -2.38. The zero-order chi connectivity index (χ0) is 12.9. The van der Waals surface area contributed by atoms with E-state index < -0.39 is 0 Å². The van der Waals surface area contributed by atoms with E-state index in [2.05, 4.69) is 19.9 Å².